The fraction of sp³-hybridized carbons (Fsp3) is 0.250. The van der Waals surface area contributed by atoms with Crippen LogP contribution in [0.15, 0.2) is 24.7 Å². The van der Waals surface area contributed by atoms with E-state index in [9.17, 15) is 0 Å². The number of hydrogen-bond acceptors (Lipinski definition) is 1. The number of H-pyrrole nitrogens is 1. The highest BCUT2D eigenvalue weighted by molar-refractivity contribution is 4.97. The smallest absolute Gasteiger partial charge is 0.0921 e. The van der Waals surface area contributed by atoms with E-state index >= 15 is 0 Å². The Morgan fingerprint density at radius 2 is 2.60 bits per heavy atom. The summed E-state index contributed by atoms with van der Waals surface area (Å²) in [5.41, 5.74) is 1.18. The summed E-state index contributed by atoms with van der Waals surface area (Å²) in [7, 11) is 0. The van der Waals surface area contributed by atoms with Crippen LogP contribution in [0.2, 0.25) is 0 Å². The minimum absolute atomic E-state index is 1.02. The Balaban J connectivity index is 2.28. The number of aromatic nitrogens is 2. The molecule has 1 aromatic rings. The molecule has 0 aliphatic carbocycles. The van der Waals surface area contributed by atoms with Gasteiger partial charge < -0.3 is 4.98 Å². The molecular formula is C8H11N2. The average molecular weight is 135 g/mol. The Hall–Kier alpha value is -1.05. The molecule has 1 aromatic heterocycles. The Morgan fingerprint density at radius 1 is 1.70 bits per heavy atom. The number of aryl methyl sites for hydroxylation is 1. The Bertz CT molecular complexity index is 187. The first-order valence-electron chi connectivity index (χ1n) is 3.35. The van der Waals surface area contributed by atoms with Crippen molar-refractivity contribution in [2.45, 2.75) is 12.8 Å². The lowest BCUT2D eigenvalue weighted by molar-refractivity contribution is 0.958. The molecule has 0 saturated carbocycles. The van der Waals surface area contributed by atoms with Gasteiger partial charge in [0.2, 0.25) is 0 Å². The second-order valence-corrected chi connectivity index (χ2v) is 2.09. The van der Waals surface area contributed by atoms with Crippen LogP contribution in [0, 0.1) is 6.92 Å². The van der Waals surface area contributed by atoms with E-state index in [-0.39, 0.29) is 0 Å². The van der Waals surface area contributed by atoms with E-state index in [2.05, 4.69) is 16.9 Å². The number of nitrogens with zero attached hydrogens (tertiary/aromatic N) is 1. The van der Waals surface area contributed by atoms with Gasteiger partial charge in [0, 0.05) is 11.9 Å². The number of aromatic amines is 1. The van der Waals surface area contributed by atoms with Crippen LogP contribution in [-0.2, 0) is 6.42 Å². The lowest BCUT2D eigenvalue weighted by atomic mass is 10.2. The fourth-order valence-corrected chi connectivity index (χ4v) is 0.778. The molecule has 53 valence electrons. The predicted molar refractivity (Wildman–Crippen MR) is 41.4 cm³/mol. The van der Waals surface area contributed by atoms with Crippen LogP contribution in [0.5, 0.6) is 0 Å². The first-order chi connectivity index (χ1) is 4.93. The van der Waals surface area contributed by atoms with Gasteiger partial charge in [0.15, 0.2) is 0 Å². The van der Waals surface area contributed by atoms with E-state index in [1.807, 2.05) is 18.3 Å². The second kappa shape index (κ2) is 3.88. The van der Waals surface area contributed by atoms with Crippen LogP contribution in [0.1, 0.15) is 12.1 Å². The molecule has 0 amide bonds. The van der Waals surface area contributed by atoms with Crippen molar-refractivity contribution in [1.29, 1.82) is 0 Å². The van der Waals surface area contributed by atoms with Crippen molar-refractivity contribution >= 4 is 0 Å². The molecule has 2 nitrogen and oxygen atoms in total. The highest BCUT2D eigenvalue weighted by atomic mass is 14.9. The molecule has 1 rings (SSSR count). The van der Waals surface area contributed by atoms with Gasteiger partial charge in [-0.05, 0) is 19.8 Å². The zero-order valence-electron chi connectivity index (χ0n) is 5.88. The van der Waals surface area contributed by atoms with E-state index in [0.717, 1.165) is 12.8 Å². The number of imidazole rings is 1. The van der Waals surface area contributed by atoms with Gasteiger partial charge in [-0.3, -0.25) is 0 Å². The van der Waals surface area contributed by atoms with E-state index in [4.69, 9.17) is 0 Å². The van der Waals surface area contributed by atoms with Crippen LogP contribution in [0.3, 0.4) is 0 Å². The van der Waals surface area contributed by atoms with Crippen LogP contribution >= 0.6 is 0 Å². The van der Waals surface area contributed by atoms with Gasteiger partial charge in [-0.15, -0.1) is 0 Å². The maximum atomic E-state index is 3.91. The molecule has 0 spiro atoms. The zero-order chi connectivity index (χ0) is 7.23. The van der Waals surface area contributed by atoms with Gasteiger partial charge in [-0.25, -0.2) is 4.98 Å². The average Bonchev–Trinajstić information content (AvgIpc) is 2.41. The van der Waals surface area contributed by atoms with Crippen molar-refractivity contribution in [3.05, 3.63) is 37.3 Å². The molecule has 0 aliphatic rings. The van der Waals surface area contributed by atoms with Crippen LogP contribution < -0.4 is 0 Å². The van der Waals surface area contributed by atoms with Crippen molar-refractivity contribution in [2.24, 2.45) is 0 Å². The molecule has 0 aliphatic heterocycles. The summed E-state index contributed by atoms with van der Waals surface area (Å²) in [6.45, 7) is 3.60. The highest BCUT2D eigenvalue weighted by Gasteiger charge is 1.88. The van der Waals surface area contributed by atoms with Gasteiger partial charge in [0.05, 0.1) is 6.33 Å². The quantitative estimate of drug-likeness (QED) is 0.671. The van der Waals surface area contributed by atoms with Crippen LogP contribution in [0.4, 0.5) is 0 Å². The Morgan fingerprint density at radius 3 is 3.20 bits per heavy atom. The maximum absolute atomic E-state index is 3.91. The van der Waals surface area contributed by atoms with Gasteiger partial charge >= 0.3 is 0 Å². The van der Waals surface area contributed by atoms with Crippen LogP contribution in [-0.4, -0.2) is 9.97 Å². The van der Waals surface area contributed by atoms with Gasteiger partial charge in [0.1, 0.15) is 0 Å². The third-order valence-corrected chi connectivity index (χ3v) is 1.30. The van der Waals surface area contributed by atoms with Gasteiger partial charge in [-0.1, -0.05) is 12.2 Å². The lowest BCUT2D eigenvalue weighted by Crippen LogP contribution is -1.80. The summed E-state index contributed by atoms with van der Waals surface area (Å²) >= 11 is 0. The molecule has 10 heavy (non-hydrogen) atoms. The van der Waals surface area contributed by atoms with Crippen molar-refractivity contribution in [2.75, 3.05) is 0 Å². The first kappa shape index (κ1) is 7.06. The molecule has 1 radical (unpaired) electrons. The van der Waals surface area contributed by atoms with Gasteiger partial charge in [0.25, 0.3) is 0 Å². The summed E-state index contributed by atoms with van der Waals surface area (Å²) in [6, 6.07) is 0. The molecule has 0 bridgehead atoms. The molecule has 0 atom stereocenters. The molecule has 0 unspecified atom stereocenters. The van der Waals surface area contributed by atoms with E-state index in [0.29, 0.717) is 0 Å². The molecular weight excluding hydrogens is 124 g/mol. The third-order valence-electron chi connectivity index (χ3n) is 1.30. The number of allylic oxidation sites excluding steroid dienone is 2. The molecule has 1 N–H and O–H groups in total. The maximum Gasteiger partial charge on any atom is 0.0921 e. The van der Waals surface area contributed by atoms with Crippen molar-refractivity contribution in [3.63, 3.8) is 0 Å². The zero-order valence-corrected chi connectivity index (χ0v) is 5.88. The SMILES string of the molecule is [CH2]C=CCCc1cnc[nH]1. The summed E-state index contributed by atoms with van der Waals surface area (Å²) in [6.07, 6.45) is 9.45. The van der Waals surface area contributed by atoms with E-state index in [1.165, 1.54) is 5.69 Å². The van der Waals surface area contributed by atoms with Crippen molar-refractivity contribution in [3.8, 4) is 0 Å². The summed E-state index contributed by atoms with van der Waals surface area (Å²) in [4.78, 5) is 6.94. The Kier molecular flexibility index (Phi) is 2.74. The second-order valence-electron chi connectivity index (χ2n) is 2.09. The Labute approximate surface area is 61.0 Å². The summed E-state index contributed by atoms with van der Waals surface area (Å²) in [5, 5.41) is 0. The van der Waals surface area contributed by atoms with Crippen molar-refractivity contribution < 1.29 is 0 Å². The molecule has 2 heteroatoms. The van der Waals surface area contributed by atoms with E-state index < -0.39 is 0 Å². The molecule has 1 heterocycles. The largest absolute Gasteiger partial charge is 0.348 e. The minimum atomic E-state index is 1.02. The normalized spacial score (nSPS) is 10.9. The van der Waals surface area contributed by atoms with Gasteiger partial charge in [-0.2, -0.15) is 0 Å². The third kappa shape index (κ3) is 2.05. The molecule has 0 saturated heterocycles. The highest BCUT2D eigenvalue weighted by Crippen LogP contribution is 1.96. The summed E-state index contributed by atoms with van der Waals surface area (Å²) < 4.78 is 0. The minimum Gasteiger partial charge on any atom is -0.348 e. The molecule has 0 fully saturated rings. The first-order valence-corrected chi connectivity index (χ1v) is 3.35. The number of nitrogens with one attached hydrogen (secondary N) is 1. The number of hydrogen-bond donors (Lipinski definition) is 1. The predicted octanol–water partition coefficient (Wildman–Crippen LogP) is 1.73. The summed E-state index contributed by atoms with van der Waals surface area (Å²) in [5.74, 6) is 0. The van der Waals surface area contributed by atoms with Crippen molar-refractivity contribution in [1.82, 2.24) is 9.97 Å². The topological polar surface area (TPSA) is 28.7 Å². The standard InChI is InChI=1S/C8H11N2/c1-2-3-4-5-8-6-9-7-10-8/h2-3,6-7H,1,4-5H2,(H,9,10). The monoisotopic (exact) mass is 135 g/mol. The number of rotatable bonds is 3. The fourth-order valence-electron chi connectivity index (χ4n) is 0.778. The molecule has 0 aromatic carbocycles. The lowest BCUT2D eigenvalue weighted by Gasteiger charge is -1.88. The van der Waals surface area contributed by atoms with E-state index in [1.54, 1.807) is 6.33 Å². The van der Waals surface area contributed by atoms with Crippen LogP contribution in [0.25, 0.3) is 0 Å².